The highest BCUT2D eigenvalue weighted by molar-refractivity contribution is 4.81. The second-order valence-corrected chi connectivity index (χ2v) is 5.57. The molecule has 2 atom stereocenters. The third-order valence-corrected chi connectivity index (χ3v) is 4.40. The Labute approximate surface area is 108 Å². The zero-order valence-electron chi connectivity index (χ0n) is 12.3. The predicted molar refractivity (Wildman–Crippen MR) is 76.5 cm³/mol. The average molecular weight is 240 g/mol. The van der Waals surface area contributed by atoms with E-state index in [-0.39, 0.29) is 0 Å². The second kappa shape index (κ2) is 8.10. The van der Waals surface area contributed by atoms with Crippen molar-refractivity contribution in [2.24, 2.45) is 0 Å². The topological polar surface area (TPSA) is 15.3 Å². The lowest BCUT2D eigenvalue weighted by molar-refractivity contribution is 0.0974. The Hall–Kier alpha value is -0.0800. The van der Waals surface area contributed by atoms with Crippen molar-refractivity contribution in [1.82, 2.24) is 10.2 Å². The van der Waals surface area contributed by atoms with E-state index in [0.717, 1.165) is 12.6 Å². The van der Waals surface area contributed by atoms with E-state index in [1.165, 1.54) is 45.1 Å². The van der Waals surface area contributed by atoms with Gasteiger partial charge in [0, 0.05) is 24.7 Å². The van der Waals surface area contributed by atoms with E-state index in [1.54, 1.807) is 0 Å². The fraction of sp³-hybridized carbons (Fsp3) is 1.00. The lowest BCUT2D eigenvalue weighted by Gasteiger charge is -2.40. The SMILES string of the molecule is CCC(CC)NCC(C)N1CCCCC1CC. The first kappa shape index (κ1) is 15.0. The summed E-state index contributed by atoms with van der Waals surface area (Å²) in [5.41, 5.74) is 0. The Bertz CT molecular complexity index is 189. The first-order valence-electron chi connectivity index (χ1n) is 7.71. The minimum Gasteiger partial charge on any atom is -0.312 e. The van der Waals surface area contributed by atoms with E-state index in [2.05, 4.69) is 37.9 Å². The summed E-state index contributed by atoms with van der Waals surface area (Å²) in [6.45, 7) is 11.8. The molecule has 1 heterocycles. The molecule has 1 aliphatic heterocycles. The van der Waals surface area contributed by atoms with Crippen molar-refractivity contribution < 1.29 is 0 Å². The van der Waals surface area contributed by atoms with E-state index in [4.69, 9.17) is 0 Å². The Balaban J connectivity index is 2.36. The maximum atomic E-state index is 3.72. The molecule has 0 aromatic carbocycles. The number of likely N-dealkylation sites (tertiary alicyclic amines) is 1. The summed E-state index contributed by atoms with van der Waals surface area (Å²) in [7, 11) is 0. The molecule has 0 spiro atoms. The van der Waals surface area contributed by atoms with Crippen LogP contribution in [0, 0.1) is 0 Å². The van der Waals surface area contributed by atoms with E-state index in [1.807, 2.05) is 0 Å². The van der Waals surface area contributed by atoms with Crippen LogP contribution in [0.3, 0.4) is 0 Å². The van der Waals surface area contributed by atoms with Gasteiger partial charge in [0.15, 0.2) is 0 Å². The van der Waals surface area contributed by atoms with Crippen molar-refractivity contribution in [3.63, 3.8) is 0 Å². The van der Waals surface area contributed by atoms with Gasteiger partial charge in [-0.25, -0.2) is 0 Å². The molecule has 2 heteroatoms. The lowest BCUT2D eigenvalue weighted by atomic mass is 9.98. The highest BCUT2D eigenvalue weighted by Crippen LogP contribution is 2.21. The van der Waals surface area contributed by atoms with Gasteiger partial charge in [-0.2, -0.15) is 0 Å². The molecule has 102 valence electrons. The normalized spacial score (nSPS) is 24.2. The van der Waals surface area contributed by atoms with E-state index in [0.29, 0.717) is 12.1 Å². The van der Waals surface area contributed by atoms with Crippen LogP contribution in [0.15, 0.2) is 0 Å². The summed E-state index contributed by atoms with van der Waals surface area (Å²) in [6.07, 6.45) is 8.05. The molecule has 1 fully saturated rings. The molecule has 0 aromatic heterocycles. The predicted octanol–water partition coefficient (Wildman–Crippen LogP) is 3.42. The van der Waals surface area contributed by atoms with Crippen molar-refractivity contribution in [3.05, 3.63) is 0 Å². The van der Waals surface area contributed by atoms with Gasteiger partial charge in [0.05, 0.1) is 0 Å². The summed E-state index contributed by atoms with van der Waals surface area (Å²) in [6, 6.07) is 2.24. The molecular weight excluding hydrogens is 208 g/mol. The number of nitrogens with one attached hydrogen (secondary N) is 1. The molecule has 1 saturated heterocycles. The van der Waals surface area contributed by atoms with Crippen molar-refractivity contribution in [2.75, 3.05) is 13.1 Å². The maximum Gasteiger partial charge on any atom is 0.0195 e. The van der Waals surface area contributed by atoms with Gasteiger partial charge in [0.2, 0.25) is 0 Å². The zero-order valence-corrected chi connectivity index (χ0v) is 12.3. The minimum atomic E-state index is 0.695. The standard InChI is InChI=1S/C15H32N2/c1-5-14(6-2)16-12-13(4)17-11-9-8-10-15(17)7-3/h13-16H,5-12H2,1-4H3. The van der Waals surface area contributed by atoms with Gasteiger partial charge < -0.3 is 5.32 Å². The van der Waals surface area contributed by atoms with Gasteiger partial charge >= 0.3 is 0 Å². The Morgan fingerprint density at radius 3 is 2.47 bits per heavy atom. The molecule has 2 unspecified atom stereocenters. The molecule has 0 amide bonds. The first-order valence-corrected chi connectivity index (χ1v) is 7.71. The van der Waals surface area contributed by atoms with Crippen LogP contribution in [-0.4, -0.2) is 36.1 Å². The molecule has 0 aromatic rings. The quantitative estimate of drug-likeness (QED) is 0.733. The van der Waals surface area contributed by atoms with Crippen molar-refractivity contribution in [2.45, 2.75) is 84.3 Å². The lowest BCUT2D eigenvalue weighted by Crippen LogP contribution is -2.49. The number of hydrogen-bond acceptors (Lipinski definition) is 2. The third-order valence-electron chi connectivity index (χ3n) is 4.40. The van der Waals surface area contributed by atoms with Gasteiger partial charge in [-0.3, -0.25) is 4.90 Å². The number of nitrogens with zero attached hydrogens (tertiary/aromatic N) is 1. The molecule has 2 nitrogen and oxygen atoms in total. The van der Waals surface area contributed by atoms with Gasteiger partial charge in [-0.15, -0.1) is 0 Å². The van der Waals surface area contributed by atoms with Crippen LogP contribution in [0.1, 0.15) is 66.2 Å². The van der Waals surface area contributed by atoms with Crippen LogP contribution in [0.25, 0.3) is 0 Å². The van der Waals surface area contributed by atoms with E-state index < -0.39 is 0 Å². The zero-order chi connectivity index (χ0) is 12.7. The highest BCUT2D eigenvalue weighted by atomic mass is 15.2. The third kappa shape index (κ3) is 4.59. The molecule has 0 aliphatic carbocycles. The van der Waals surface area contributed by atoms with Crippen molar-refractivity contribution >= 4 is 0 Å². The van der Waals surface area contributed by atoms with E-state index in [9.17, 15) is 0 Å². The molecule has 1 rings (SSSR count). The van der Waals surface area contributed by atoms with Gasteiger partial charge in [0.25, 0.3) is 0 Å². The van der Waals surface area contributed by atoms with Crippen LogP contribution in [0.4, 0.5) is 0 Å². The largest absolute Gasteiger partial charge is 0.312 e. The summed E-state index contributed by atoms with van der Waals surface area (Å²) in [4.78, 5) is 2.74. The Morgan fingerprint density at radius 1 is 1.18 bits per heavy atom. The Morgan fingerprint density at radius 2 is 1.88 bits per heavy atom. The molecule has 17 heavy (non-hydrogen) atoms. The number of hydrogen-bond donors (Lipinski definition) is 1. The second-order valence-electron chi connectivity index (χ2n) is 5.57. The molecule has 0 radical (unpaired) electrons. The number of rotatable bonds is 7. The fourth-order valence-corrected chi connectivity index (χ4v) is 3.07. The van der Waals surface area contributed by atoms with Crippen LogP contribution in [0.5, 0.6) is 0 Å². The first-order chi connectivity index (χ1) is 8.22. The summed E-state index contributed by atoms with van der Waals surface area (Å²) in [5, 5.41) is 3.72. The maximum absolute atomic E-state index is 3.72. The smallest absolute Gasteiger partial charge is 0.0195 e. The average Bonchev–Trinajstić information content (AvgIpc) is 2.39. The van der Waals surface area contributed by atoms with Crippen LogP contribution >= 0.6 is 0 Å². The van der Waals surface area contributed by atoms with E-state index >= 15 is 0 Å². The molecule has 0 bridgehead atoms. The van der Waals surface area contributed by atoms with Crippen LogP contribution < -0.4 is 5.32 Å². The fourth-order valence-electron chi connectivity index (χ4n) is 3.07. The van der Waals surface area contributed by atoms with Gasteiger partial charge in [-0.1, -0.05) is 27.2 Å². The van der Waals surface area contributed by atoms with Crippen molar-refractivity contribution in [3.8, 4) is 0 Å². The van der Waals surface area contributed by atoms with Crippen molar-refractivity contribution in [1.29, 1.82) is 0 Å². The van der Waals surface area contributed by atoms with Gasteiger partial charge in [0.1, 0.15) is 0 Å². The summed E-state index contributed by atoms with van der Waals surface area (Å²) >= 11 is 0. The monoisotopic (exact) mass is 240 g/mol. The minimum absolute atomic E-state index is 0.695. The highest BCUT2D eigenvalue weighted by Gasteiger charge is 2.24. The molecule has 1 N–H and O–H groups in total. The number of piperidine rings is 1. The van der Waals surface area contributed by atoms with Crippen LogP contribution in [-0.2, 0) is 0 Å². The van der Waals surface area contributed by atoms with Gasteiger partial charge in [-0.05, 0) is 45.6 Å². The molecule has 0 saturated carbocycles. The molecular formula is C15H32N2. The Kier molecular flexibility index (Phi) is 7.14. The summed E-state index contributed by atoms with van der Waals surface area (Å²) in [5.74, 6) is 0. The van der Waals surface area contributed by atoms with Crippen LogP contribution in [0.2, 0.25) is 0 Å². The molecule has 1 aliphatic rings. The summed E-state index contributed by atoms with van der Waals surface area (Å²) < 4.78 is 0.